The average Bonchev–Trinajstić information content (AvgIpc) is 2.47. The number of pyridine rings is 1. The van der Waals surface area contributed by atoms with E-state index in [9.17, 15) is 18.4 Å². The highest BCUT2D eigenvalue weighted by Crippen LogP contribution is 2.26. The molecule has 0 fully saturated rings. The number of carboxylic acids is 1. The molecule has 1 N–H and O–H groups in total. The van der Waals surface area contributed by atoms with Crippen molar-refractivity contribution >= 4 is 5.97 Å². The number of aromatic nitrogens is 1. The van der Waals surface area contributed by atoms with Crippen molar-refractivity contribution in [2.75, 3.05) is 0 Å². The van der Waals surface area contributed by atoms with Gasteiger partial charge in [0.05, 0.1) is 0 Å². The second kappa shape index (κ2) is 6.09. The lowest BCUT2D eigenvalue weighted by Crippen LogP contribution is -2.22. The SMILES string of the molecule is CCn1cc(C(=O)O)c(=O)c(-c2cccc(C(F)F)c2)c1C. The fraction of sp³-hybridized carbons (Fsp3) is 0.250. The Labute approximate surface area is 125 Å². The predicted molar refractivity (Wildman–Crippen MR) is 78.5 cm³/mol. The van der Waals surface area contributed by atoms with Crippen LogP contribution in [0.4, 0.5) is 8.78 Å². The average molecular weight is 307 g/mol. The first-order valence-electron chi connectivity index (χ1n) is 6.72. The number of carboxylic acid groups (broad SMARTS) is 1. The first kappa shape index (κ1) is 15.9. The van der Waals surface area contributed by atoms with Gasteiger partial charge in [0, 0.05) is 29.6 Å². The minimum atomic E-state index is -2.66. The lowest BCUT2D eigenvalue weighted by atomic mass is 9.99. The Kier molecular flexibility index (Phi) is 4.40. The molecule has 0 aliphatic heterocycles. The number of aryl methyl sites for hydroxylation is 1. The van der Waals surface area contributed by atoms with Crippen molar-refractivity contribution in [3.8, 4) is 11.1 Å². The van der Waals surface area contributed by atoms with Crippen LogP contribution in [0.2, 0.25) is 0 Å². The van der Waals surface area contributed by atoms with Crippen molar-refractivity contribution in [1.29, 1.82) is 0 Å². The van der Waals surface area contributed by atoms with Crippen LogP contribution in [-0.4, -0.2) is 15.6 Å². The highest BCUT2D eigenvalue weighted by molar-refractivity contribution is 5.89. The van der Waals surface area contributed by atoms with Crippen molar-refractivity contribution < 1.29 is 18.7 Å². The maximum absolute atomic E-state index is 12.8. The molecule has 2 rings (SSSR count). The molecule has 0 amide bonds. The maximum atomic E-state index is 12.8. The molecule has 0 atom stereocenters. The maximum Gasteiger partial charge on any atom is 0.341 e. The number of halogens is 2. The third-order valence-corrected chi connectivity index (χ3v) is 3.55. The topological polar surface area (TPSA) is 59.3 Å². The number of hydrogen-bond acceptors (Lipinski definition) is 2. The zero-order valence-corrected chi connectivity index (χ0v) is 12.1. The molecule has 0 saturated heterocycles. The van der Waals surface area contributed by atoms with Crippen LogP contribution in [0.3, 0.4) is 0 Å². The van der Waals surface area contributed by atoms with Gasteiger partial charge in [-0.15, -0.1) is 0 Å². The Balaban J connectivity index is 2.79. The molecule has 1 aromatic heterocycles. The standard InChI is InChI=1S/C16H15F2NO3/c1-3-19-8-12(16(21)22)14(20)13(9(19)2)10-5-4-6-11(7-10)15(17)18/h4-8,15H,3H2,1-2H3,(H,21,22). The molecule has 22 heavy (non-hydrogen) atoms. The zero-order chi connectivity index (χ0) is 16.4. The van der Waals surface area contributed by atoms with Crippen LogP contribution in [0.15, 0.2) is 35.3 Å². The van der Waals surface area contributed by atoms with Crippen LogP contribution in [0.1, 0.15) is 35.0 Å². The highest BCUT2D eigenvalue weighted by Gasteiger charge is 2.19. The molecule has 4 nitrogen and oxygen atoms in total. The second-order valence-electron chi connectivity index (χ2n) is 4.85. The number of rotatable bonds is 4. The number of aromatic carboxylic acids is 1. The smallest absolute Gasteiger partial charge is 0.341 e. The van der Waals surface area contributed by atoms with E-state index in [0.29, 0.717) is 17.8 Å². The molecule has 0 spiro atoms. The van der Waals surface area contributed by atoms with Crippen LogP contribution >= 0.6 is 0 Å². The van der Waals surface area contributed by atoms with Crippen molar-refractivity contribution in [3.63, 3.8) is 0 Å². The molecule has 2 aromatic rings. The van der Waals surface area contributed by atoms with Crippen LogP contribution in [-0.2, 0) is 6.54 Å². The Morgan fingerprint density at radius 2 is 2.05 bits per heavy atom. The van der Waals surface area contributed by atoms with Crippen molar-refractivity contribution in [3.05, 3.63) is 57.5 Å². The second-order valence-corrected chi connectivity index (χ2v) is 4.85. The fourth-order valence-corrected chi connectivity index (χ4v) is 2.40. The van der Waals surface area contributed by atoms with Crippen LogP contribution in [0.25, 0.3) is 11.1 Å². The van der Waals surface area contributed by atoms with E-state index in [0.717, 1.165) is 0 Å². The molecule has 0 aliphatic carbocycles. The number of nitrogens with zero attached hydrogens (tertiary/aromatic N) is 1. The summed E-state index contributed by atoms with van der Waals surface area (Å²) in [6, 6.07) is 5.45. The van der Waals surface area contributed by atoms with Gasteiger partial charge in [0.15, 0.2) is 0 Å². The van der Waals surface area contributed by atoms with Crippen LogP contribution < -0.4 is 5.43 Å². The van der Waals surface area contributed by atoms with Crippen molar-refractivity contribution in [1.82, 2.24) is 4.57 Å². The van der Waals surface area contributed by atoms with Gasteiger partial charge < -0.3 is 9.67 Å². The molecule has 0 saturated carbocycles. The van der Waals surface area contributed by atoms with Gasteiger partial charge in [0.1, 0.15) is 5.56 Å². The largest absolute Gasteiger partial charge is 0.477 e. The van der Waals surface area contributed by atoms with E-state index in [4.69, 9.17) is 5.11 Å². The molecule has 0 unspecified atom stereocenters. The fourth-order valence-electron chi connectivity index (χ4n) is 2.40. The normalized spacial score (nSPS) is 11.0. The predicted octanol–water partition coefficient (Wildman–Crippen LogP) is 3.48. The summed E-state index contributed by atoms with van der Waals surface area (Å²) in [6.45, 7) is 3.94. The summed E-state index contributed by atoms with van der Waals surface area (Å²) in [4.78, 5) is 23.6. The van der Waals surface area contributed by atoms with Gasteiger partial charge in [-0.3, -0.25) is 4.79 Å². The van der Waals surface area contributed by atoms with E-state index in [2.05, 4.69) is 0 Å². The quantitative estimate of drug-likeness (QED) is 0.940. The molecular weight excluding hydrogens is 292 g/mol. The Morgan fingerprint density at radius 1 is 1.36 bits per heavy atom. The highest BCUT2D eigenvalue weighted by atomic mass is 19.3. The van der Waals surface area contributed by atoms with E-state index in [1.165, 1.54) is 30.5 Å². The first-order valence-corrected chi connectivity index (χ1v) is 6.72. The van der Waals surface area contributed by atoms with Gasteiger partial charge in [-0.05, 0) is 25.5 Å². The minimum Gasteiger partial charge on any atom is -0.477 e. The summed E-state index contributed by atoms with van der Waals surface area (Å²) in [5.41, 5.74) is -0.259. The molecule has 0 aliphatic rings. The van der Waals surface area contributed by atoms with Crippen LogP contribution in [0.5, 0.6) is 0 Å². The summed E-state index contributed by atoms with van der Waals surface area (Å²) < 4.78 is 27.3. The lowest BCUT2D eigenvalue weighted by Gasteiger charge is -2.15. The zero-order valence-electron chi connectivity index (χ0n) is 12.1. The Bertz CT molecular complexity index is 781. The third-order valence-electron chi connectivity index (χ3n) is 3.55. The molecule has 6 heteroatoms. The molecule has 116 valence electrons. The summed E-state index contributed by atoms with van der Waals surface area (Å²) in [6.07, 6.45) is -1.38. The van der Waals surface area contributed by atoms with E-state index >= 15 is 0 Å². The Hall–Kier alpha value is -2.50. The number of hydrogen-bond donors (Lipinski definition) is 1. The first-order chi connectivity index (χ1) is 10.4. The number of benzene rings is 1. The van der Waals surface area contributed by atoms with Gasteiger partial charge in [0.25, 0.3) is 6.43 Å². The van der Waals surface area contributed by atoms with E-state index in [1.807, 2.05) is 6.92 Å². The number of carbonyl (C=O) groups is 1. The van der Waals surface area contributed by atoms with E-state index in [1.54, 1.807) is 11.5 Å². The molecule has 1 aromatic carbocycles. The summed E-state index contributed by atoms with van der Waals surface area (Å²) in [5, 5.41) is 9.16. The third kappa shape index (κ3) is 2.77. The number of alkyl halides is 2. The van der Waals surface area contributed by atoms with E-state index in [-0.39, 0.29) is 16.7 Å². The van der Waals surface area contributed by atoms with Crippen molar-refractivity contribution in [2.45, 2.75) is 26.8 Å². The Morgan fingerprint density at radius 3 is 2.59 bits per heavy atom. The van der Waals surface area contributed by atoms with E-state index < -0.39 is 17.8 Å². The summed E-state index contributed by atoms with van der Waals surface area (Å²) in [7, 11) is 0. The van der Waals surface area contributed by atoms with Gasteiger partial charge in [-0.25, -0.2) is 13.6 Å². The van der Waals surface area contributed by atoms with Gasteiger partial charge in [-0.1, -0.05) is 18.2 Å². The molecular formula is C16H15F2NO3. The van der Waals surface area contributed by atoms with Crippen molar-refractivity contribution in [2.24, 2.45) is 0 Å². The summed E-state index contributed by atoms with van der Waals surface area (Å²) >= 11 is 0. The lowest BCUT2D eigenvalue weighted by molar-refractivity contribution is 0.0694. The van der Waals surface area contributed by atoms with Gasteiger partial charge in [0.2, 0.25) is 5.43 Å². The monoisotopic (exact) mass is 307 g/mol. The van der Waals surface area contributed by atoms with Gasteiger partial charge >= 0.3 is 5.97 Å². The molecule has 0 bridgehead atoms. The summed E-state index contributed by atoms with van der Waals surface area (Å²) in [5.74, 6) is -1.33. The van der Waals surface area contributed by atoms with Gasteiger partial charge in [-0.2, -0.15) is 0 Å². The minimum absolute atomic E-state index is 0.143. The van der Waals surface area contributed by atoms with Crippen LogP contribution in [0, 0.1) is 6.92 Å². The molecule has 0 radical (unpaired) electrons. The molecule has 1 heterocycles.